The van der Waals surface area contributed by atoms with E-state index in [1.165, 1.54) is 38.0 Å². The van der Waals surface area contributed by atoms with Crippen molar-refractivity contribution in [2.75, 3.05) is 12.3 Å². The van der Waals surface area contributed by atoms with Crippen LogP contribution in [0.15, 0.2) is 182 Å². The number of benzene rings is 6. The molecule has 7 rings (SSSR count). The summed E-state index contributed by atoms with van der Waals surface area (Å²) in [6, 6.07) is 69.1. The van der Waals surface area contributed by atoms with Crippen molar-refractivity contribution in [2.45, 2.75) is 25.7 Å². The van der Waals surface area contributed by atoms with Crippen LogP contribution in [-0.4, -0.2) is 12.3 Å². The molecule has 6 aromatic carbocycles. The van der Waals surface area contributed by atoms with Gasteiger partial charge in [-0.15, -0.1) is 0 Å². The van der Waals surface area contributed by atoms with Gasteiger partial charge in [-0.2, -0.15) is 0 Å². The van der Waals surface area contributed by atoms with Crippen LogP contribution in [0.5, 0.6) is 0 Å². The summed E-state index contributed by atoms with van der Waals surface area (Å²) in [5.41, 5.74) is 0. The molecule has 0 saturated heterocycles. The first kappa shape index (κ1) is 32.2. The summed E-state index contributed by atoms with van der Waals surface area (Å²) in [4.78, 5) is 0. The molecule has 1 fully saturated rings. The van der Waals surface area contributed by atoms with Crippen LogP contribution in [-0.2, 0) is 0 Å². The van der Waals surface area contributed by atoms with Gasteiger partial charge in [-0.1, -0.05) is 0 Å². The quantitative estimate of drug-likeness (QED) is 0.121. The van der Waals surface area contributed by atoms with E-state index >= 15 is 0 Å². The molecule has 1 aliphatic rings. The third kappa shape index (κ3) is 6.81. The van der Waals surface area contributed by atoms with Crippen LogP contribution in [0.2, 0.25) is 0 Å². The maximum absolute atomic E-state index is 2.42. The van der Waals surface area contributed by atoms with Crippen LogP contribution in [0.4, 0.5) is 0 Å². The van der Waals surface area contributed by atoms with Gasteiger partial charge >= 0.3 is 286 Å². The monoisotopic (exact) mass is 668 g/mol. The van der Waals surface area contributed by atoms with Gasteiger partial charge in [0.2, 0.25) is 0 Å². The zero-order valence-corrected chi connectivity index (χ0v) is 30.2. The van der Waals surface area contributed by atoms with Gasteiger partial charge in [-0.3, -0.25) is 0 Å². The number of hydrogen-bond acceptors (Lipinski definition) is 0. The average Bonchev–Trinajstić information content (AvgIpc) is 3.17. The van der Waals surface area contributed by atoms with Gasteiger partial charge in [-0.05, 0) is 0 Å². The van der Waals surface area contributed by atoms with Crippen LogP contribution in [0, 0.1) is 11.8 Å². The van der Waals surface area contributed by atoms with Gasteiger partial charge in [0.05, 0.1) is 0 Å². The van der Waals surface area contributed by atoms with E-state index in [1.54, 1.807) is 31.8 Å². The molecule has 0 N–H and O–H groups in total. The van der Waals surface area contributed by atoms with Gasteiger partial charge in [0.15, 0.2) is 0 Å². The zero-order valence-electron chi connectivity index (χ0n) is 27.2. The molecule has 1 saturated carbocycles. The molecule has 0 aromatic heterocycles. The molecular weight excluding hydrogens is 621 g/mol. The first-order valence-corrected chi connectivity index (χ1v) is 23.8. The van der Waals surface area contributed by atoms with Crippen LogP contribution in [0.1, 0.15) is 25.7 Å². The van der Waals surface area contributed by atoms with E-state index in [4.69, 9.17) is 0 Å². The second-order valence-electron chi connectivity index (χ2n) is 13.3. The molecule has 0 amide bonds. The molecule has 0 radical (unpaired) electrons. The molecule has 0 aliphatic heterocycles. The summed E-state index contributed by atoms with van der Waals surface area (Å²) >= 11 is 0. The van der Waals surface area contributed by atoms with Crippen LogP contribution < -0.4 is 31.8 Å². The summed E-state index contributed by atoms with van der Waals surface area (Å²) in [7, 11) is -1.29. The van der Waals surface area contributed by atoms with Gasteiger partial charge in [0, 0.05) is 0 Å². The van der Waals surface area contributed by atoms with Crippen molar-refractivity contribution >= 4 is 54.3 Å². The van der Waals surface area contributed by atoms with Crippen molar-refractivity contribution in [3.63, 3.8) is 0 Å². The topological polar surface area (TPSA) is 0 Å². The first-order chi connectivity index (χ1) is 23.3. The van der Waals surface area contributed by atoms with Gasteiger partial charge in [0.1, 0.15) is 0 Å². The molecular formula is C44H47P3. The van der Waals surface area contributed by atoms with Crippen molar-refractivity contribution in [1.29, 1.82) is 0 Å². The van der Waals surface area contributed by atoms with Gasteiger partial charge < -0.3 is 0 Å². The Hall–Kier alpha value is -3.39. The third-order valence-electron chi connectivity index (χ3n) is 10.6. The molecule has 47 heavy (non-hydrogen) atoms. The number of hydrogen-bond donors (Lipinski definition) is 0. The molecule has 1 aliphatic carbocycles. The van der Waals surface area contributed by atoms with Crippen molar-refractivity contribution in [2.24, 2.45) is 11.8 Å². The van der Waals surface area contributed by atoms with E-state index in [9.17, 15) is 0 Å². The summed E-state index contributed by atoms with van der Waals surface area (Å²) < 4.78 is 0. The van der Waals surface area contributed by atoms with Gasteiger partial charge in [-0.25, -0.2) is 0 Å². The second kappa shape index (κ2) is 15.2. The fraction of sp³-hybridized carbons (Fsp3) is 0.182. The van der Waals surface area contributed by atoms with E-state index in [-0.39, 0.29) is 0 Å². The first-order valence-electron chi connectivity index (χ1n) is 17.4. The van der Waals surface area contributed by atoms with Crippen LogP contribution in [0.25, 0.3) is 0 Å². The van der Waals surface area contributed by atoms with E-state index in [0.717, 1.165) is 20.1 Å². The van der Waals surface area contributed by atoms with Crippen molar-refractivity contribution in [1.82, 2.24) is 0 Å². The molecule has 6 aromatic rings. The standard InChI is InChI=1S/C44H47P3/c1-7-19-39(20-8-1)46(40-21-9-2-10-22-40,41-23-11-3-12-24-41)36-38-33-31-37(32-34-38)35-45-47(42-25-13-4-14-26-42,43-27-15-5-16-28-43)44-29-17-6-18-30-44/h1-30,37-38,45-47H,31-36H2/t37-,38-. The summed E-state index contributed by atoms with van der Waals surface area (Å²) in [5, 5.41) is 9.29. The summed E-state index contributed by atoms with van der Waals surface area (Å²) in [6.07, 6.45) is 8.00. The fourth-order valence-electron chi connectivity index (χ4n) is 8.26. The van der Waals surface area contributed by atoms with Crippen molar-refractivity contribution in [3.05, 3.63) is 182 Å². The molecule has 3 heteroatoms. The Morgan fingerprint density at radius 2 is 0.638 bits per heavy atom. The Morgan fingerprint density at radius 3 is 0.957 bits per heavy atom. The van der Waals surface area contributed by atoms with Crippen molar-refractivity contribution < 1.29 is 0 Å². The SMILES string of the molecule is c1ccc([PH](C[C@H]2CC[C@H](CP[PH](c3ccccc3)(c3ccccc3)c3ccccc3)CC2)(c2ccccc2)c2ccccc2)cc1. The average molecular weight is 669 g/mol. The Kier molecular flexibility index (Phi) is 10.4. The molecule has 0 bridgehead atoms. The molecule has 1 unspecified atom stereocenters. The number of rotatable bonds is 11. The maximum atomic E-state index is 2.42. The normalized spacial score (nSPS) is 17.8. The Bertz CT molecular complexity index is 1590. The van der Waals surface area contributed by atoms with E-state index in [2.05, 4.69) is 182 Å². The summed E-state index contributed by atoms with van der Waals surface area (Å²) in [5.74, 6) is 1.55. The second-order valence-corrected chi connectivity index (χ2v) is 24.6. The molecule has 0 spiro atoms. The summed E-state index contributed by atoms with van der Waals surface area (Å²) in [6.45, 7) is -2.16. The minimum atomic E-state index is -2.21. The molecule has 0 nitrogen and oxygen atoms in total. The molecule has 238 valence electrons. The van der Waals surface area contributed by atoms with E-state index in [0.29, 0.717) is 0 Å². The van der Waals surface area contributed by atoms with Gasteiger partial charge in [0.25, 0.3) is 0 Å². The third-order valence-corrected chi connectivity index (χ3v) is 25.5. The van der Waals surface area contributed by atoms with Crippen molar-refractivity contribution in [3.8, 4) is 0 Å². The van der Waals surface area contributed by atoms with E-state index < -0.39 is 14.2 Å². The predicted molar refractivity (Wildman–Crippen MR) is 217 cm³/mol. The minimum absolute atomic E-state index is 0.751. The Morgan fingerprint density at radius 1 is 0.362 bits per heavy atom. The molecule has 0 heterocycles. The Labute approximate surface area is 285 Å². The predicted octanol–water partition coefficient (Wildman–Crippen LogP) is 8.84. The van der Waals surface area contributed by atoms with E-state index in [1.807, 2.05) is 0 Å². The zero-order chi connectivity index (χ0) is 31.8. The van der Waals surface area contributed by atoms with Crippen LogP contribution >= 0.6 is 22.5 Å². The fourth-order valence-corrected chi connectivity index (χ4v) is 23.3. The van der Waals surface area contributed by atoms with Crippen LogP contribution in [0.3, 0.4) is 0 Å². The molecule has 1 atom stereocenters. The Balaban J connectivity index is 1.15.